The van der Waals surface area contributed by atoms with E-state index < -0.39 is 17.0 Å². The maximum absolute atomic E-state index is 15.1. The summed E-state index contributed by atoms with van der Waals surface area (Å²) in [5.41, 5.74) is 1.07. The van der Waals surface area contributed by atoms with Crippen LogP contribution >= 0.6 is 0 Å². The van der Waals surface area contributed by atoms with Crippen molar-refractivity contribution < 1.29 is 19.1 Å². The number of hydrogen-bond acceptors (Lipinski definition) is 5. The molecule has 1 aromatic heterocycles. The van der Waals surface area contributed by atoms with Crippen molar-refractivity contribution in [1.29, 1.82) is 0 Å². The maximum Gasteiger partial charge on any atom is 0.219 e. The van der Waals surface area contributed by atoms with Crippen LogP contribution in [0.2, 0.25) is 0 Å². The highest BCUT2D eigenvalue weighted by molar-refractivity contribution is 6.08. The largest absolute Gasteiger partial charge is 0.508 e. The van der Waals surface area contributed by atoms with Crippen LogP contribution in [-0.2, 0) is 11.3 Å². The first kappa shape index (κ1) is 23.2. The van der Waals surface area contributed by atoms with Crippen molar-refractivity contribution in [2.75, 3.05) is 31.1 Å². The number of phenolic OH excluding ortho intramolecular Hbond substituents is 1. The van der Waals surface area contributed by atoms with Crippen LogP contribution in [0.25, 0.3) is 17.0 Å². The molecule has 1 amide bonds. The number of phenols is 1. The number of aryl methyl sites for hydroxylation is 1. The molecule has 0 unspecified atom stereocenters. The fourth-order valence-electron chi connectivity index (χ4n) is 4.19. The van der Waals surface area contributed by atoms with Gasteiger partial charge in [0.2, 0.25) is 11.3 Å². The topological polar surface area (TPSA) is 82.8 Å². The highest BCUT2D eigenvalue weighted by atomic mass is 19.1. The Balaban J connectivity index is 1.69. The van der Waals surface area contributed by atoms with Crippen molar-refractivity contribution in [1.82, 2.24) is 9.47 Å². The number of fused-ring (bicyclic) bond motifs is 1. The smallest absolute Gasteiger partial charge is 0.219 e. The van der Waals surface area contributed by atoms with Gasteiger partial charge in [-0.15, -0.1) is 0 Å². The monoisotopic (exact) mass is 463 g/mol. The number of rotatable bonds is 5. The zero-order valence-electron chi connectivity index (χ0n) is 19.1. The number of pyridine rings is 1. The van der Waals surface area contributed by atoms with Crippen molar-refractivity contribution in [3.8, 4) is 5.75 Å². The highest BCUT2D eigenvalue weighted by Crippen LogP contribution is 2.26. The normalized spacial score (nSPS) is 14.2. The average Bonchev–Trinajstić information content (AvgIpc) is 2.84. The molecule has 1 aliphatic heterocycles. The summed E-state index contributed by atoms with van der Waals surface area (Å²) in [6.07, 6.45) is 4.38. The fraction of sp³-hybridized carbons (Fsp3) is 0.269. The SMILES string of the molecule is CCn1cc(C(=O)C=Cc2ccc(O)cc2)c(=O)c2cc(F)c(N3CCN(C(C)=O)CC3)cc21. The number of aromatic nitrogens is 1. The van der Waals surface area contributed by atoms with Gasteiger partial charge in [-0.25, -0.2) is 4.39 Å². The Hall–Kier alpha value is -3.94. The quantitative estimate of drug-likeness (QED) is 0.463. The summed E-state index contributed by atoms with van der Waals surface area (Å²) in [4.78, 5) is 41.1. The third-order valence-electron chi connectivity index (χ3n) is 6.14. The van der Waals surface area contributed by atoms with E-state index in [4.69, 9.17) is 0 Å². The number of ketones is 1. The van der Waals surface area contributed by atoms with Gasteiger partial charge in [0, 0.05) is 51.2 Å². The second-order valence-electron chi connectivity index (χ2n) is 8.26. The molecule has 1 saturated heterocycles. The van der Waals surface area contributed by atoms with Crippen LogP contribution in [0, 0.1) is 5.82 Å². The molecule has 1 aliphatic rings. The fourth-order valence-corrected chi connectivity index (χ4v) is 4.19. The van der Waals surface area contributed by atoms with Gasteiger partial charge in [0.15, 0.2) is 5.78 Å². The van der Waals surface area contributed by atoms with Crippen molar-refractivity contribution in [2.45, 2.75) is 20.4 Å². The van der Waals surface area contributed by atoms with E-state index >= 15 is 4.39 Å². The van der Waals surface area contributed by atoms with Gasteiger partial charge in [-0.1, -0.05) is 18.2 Å². The molecule has 0 bridgehead atoms. The summed E-state index contributed by atoms with van der Waals surface area (Å²) in [6.45, 7) is 5.91. The molecule has 7 nitrogen and oxygen atoms in total. The summed E-state index contributed by atoms with van der Waals surface area (Å²) in [6, 6.07) is 9.17. The minimum atomic E-state index is -0.534. The lowest BCUT2D eigenvalue weighted by molar-refractivity contribution is -0.129. The molecule has 2 heterocycles. The van der Waals surface area contributed by atoms with Gasteiger partial charge < -0.3 is 19.5 Å². The second-order valence-corrected chi connectivity index (χ2v) is 8.26. The third-order valence-corrected chi connectivity index (χ3v) is 6.14. The third kappa shape index (κ3) is 4.57. The molecule has 8 heteroatoms. The van der Waals surface area contributed by atoms with Gasteiger partial charge >= 0.3 is 0 Å². The number of benzene rings is 2. The van der Waals surface area contributed by atoms with E-state index in [1.165, 1.54) is 37.4 Å². The van der Waals surface area contributed by atoms with Crippen molar-refractivity contribution >= 4 is 34.4 Å². The molecular formula is C26H26FN3O4. The van der Waals surface area contributed by atoms with E-state index in [0.29, 0.717) is 49.5 Å². The Morgan fingerprint density at radius 3 is 2.38 bits per heavy atom. The van der Waals surface area contributed by atoms with E-state index in [1.807, 2.05) is 11.8 Å². The number of anilines is 1. The lowest BCUT2D eigenvalue weighted by Gasteiger charge is -2.36. The molecule has 0 aliphatic carbocycles. The molecule has 3 aromatic rings. The Kier molecular flexibility index (Phi) is 6.49. The first-order chi connectivity index (χ1) is 16.3. The standard InChI is InChI=1S/C26H26FN3O4/c1-3-28-16-21(25(33)9-6-18-4-7-19(32)8-5-18)26(34)20-14-22(27)24(15-23(20)28)30-12-10-29(11-13-30)17(2)31/h4-9,14-16,32H,3,10-13H2,1-2H3. The number of hydrogen-bond donors (Lipinski definition) is 1. The number of aromatic hydroxyl groups is 1. The van der Waals surface area contributed by atoms with E-state index in [-0.39, 0.29) is 22.6 Å². The lowest BCUT2D eigenvalue weighted by Crippen LogP contribution is -2.48. The van der Waals surface area contributed by atoms with Gasteiger partial charge in [-0.05, 0) is 42.8 Å². The number of carbonyl (C=O) groups is 2. The van der Waals surface area contributed by atoms with Gasteiger partial charge in [0.25, 0.3) is 0 Å². The molecule has 2 aromatic carbocycles. The minimum absolute atomic E-state index is 0.00453. The summed E-state index contributed by atoms with van der Waals surface area (Å²) >= 11 is 0. The lowest BCUT2D eigenvalue weighted by atomic mass is 10.1. The first-order valence-electron chi connectivity index (χ1n) is 11.2. The van der Waals surface area contributed by atoms with E-state index in [1.54, 1.807) is 33.7 Å². The Bertz CT molecular complexity index is 1340. The van der Waals surface area contributed by atoms with Crippen LogP contribution in [0.3, 0.4) is 0 Å². The van der Waals surface area contributed by atoms with Gasteiger partial charge in [0.05, 0.1) is 16.8 Å². The molecule has 4 rings (SSSR count). The van der Waals surface area contributed by atoms with Gasteiger partial charge in [-0.3, -0.25) is 14.4 Å². The highest BCUT2D eigenvalue weighted by Gasteiger charge is 2.23. The Labute approximate surface area is 196 Å². The van der Waals surface area contributed by atoms with Crippen LogP contribution in [0.5, 0.6) is 5.75 Å². The van der Waals surface area contributed by atoms with Gasteiger partial charge in [0.1, 0.15) is 11.6 Å². The average molecular weight is 464 g/mol. The predicted octanol–water partition coefficient (Wildman–Crippen LogP) is 3.43. The van der Waals surface area contributed by atoms with Crippen LogP contribution in [0.4, 0.5) is 10.1 Å². The predicted molar refractivity (Wildman–Crippen MR) is 130 cm³/mol. The van der Waals surface area contributed by atoms with Crippen LogP contribution in [0.1, 0.15) is 29.8 Å². The van der Waals surface area contributed by atoms with Crippen molar-refractivity contribution in [2.24, 2.45) is 0 Å². The molecule has 0 saturated carbocycles. The molecule has 0 spiro atoms. The summed E-state index contributed by atoms with van der Waals surface area (Å²) in [5, 5.41) is 9.53. The summed E-state index contributed by atoms with van der Waals surface area (Å²) in [5.74, 6) is -0.902. The molecule has 34 heavy (non-hydrogen) atoms. The number of amides is 1. The molecule has 1 N–H and O–H groups in total. The zero-order chi connectivity index (χ0) is 24.4. The molecular weight excluding hydrogens is 437 g/mol. The maximum atomic E-state index is 15.1. The first-order valence-corrected chi connectivity index (χ1v) is 11.2. The number of halogens is 1. The van der Waals surface area contributed by atoms with Crippen LogP contribution in [0.15, 0.2) is 53.5 Å². The molecule has 1 fully saturated rings. The number of nitrogens with zero attached hydrogens (tertiary/aromatic N) is 3. The van der Waals surface area contributed by atoms with Crippen molar-refractivity contribution in [3.05, 3.63) is 75.8 Å². The summed E-state index contributed by atoms with van der Waals surface area (Å²) < 4.78 is 16.9. The van der Waals surface area contributed by atoms with Crippen LogP contribution < -0.4 is 10.3 Å². The van der Waals surface area contributed by atoms with E-state index in [9.17, 15) is 19.5 Å². The molecule has 0 atom stereocenters. The Morgan fingerprint density at radius 1 is 1.09 bits per heavy atom. The number of piperazine rings is 1. The number of allylic oxidation sites excluding steroid dienone is 1. The minimum Gasteiger partial charge on any atom is -0.508 e. The van der Waals surface area contributed by atoms with Crippen LogP contribution in [-0.4, -0.2) is 52.4 Å². The number of carbonyl (C=O) groups excluding carboxylic acids is 2. The Morgan fingerprint density at radius 2 is 1.76 bits per heavy atom. The van der Waals surface area contributed by atoms with E-state index in [2.05, 4.69) is 0 Å². The molecule has 176 valence electrons. The second kappa shape index (κ2) is 9.51. The van der Waals surface area contributed by atoms with Gasteiger partial charge in [-0.2, -0.15) is 0 Å². The summed E-state index contributed by atoms with van der Waals surface area (Å²) in [7, 11) is 0. The van der Waals surface area contributed by atoms with E-state index in [0.717, 1.165) is 0 Å². The molecule has 0 radical (unpaired) electrons. The zero-order valence-corrected chi connectivity index (χ0v) is 19.1. The van der Waals surface area contributed by atoms with Crippen molar-refractivity contribution in [3.63, 3.8) is 0 Å².